The molecule has 0 saturated heterocycles. The fraction of sp³-hybridized carbons (Fsp3) is 0.333. The zero-order valence-electron chi connectivity index (χ0n) is 9.39. The van der Waals surface area contributed by atoms with Gasteiger partial charge in [0.15, 0.2) is 8.68 Å². The molecule has 90 valence electrons. The lowest BCUT2D eigenvalue weighted by atomic mass is 10.4. The topological polar surface area (TPSA) is 51.6 Å². The molecule has 0 atom stereocenters. The van der Waals surface area contributed by atoms with Gasteiger partial charge in [-0.3, -0.25) is 0 Å². The van der Waals surface area contributed by atoms with Gasteiger partial charge in [0.1, 0.15) is 16.0 Å². The highest BCUT2D eigenvalue weighted by atomic mass is 35.5. The number of thioether (sulfide) groups is 1. The quantitative estimate of drug-likeness (QED) is 0.639. The predicted octanol–water partition coefficient (Wildman–Crippen LogP) is 3.47. The van der Waals surface area contributed by atoms with Gasteiger partial charge in [0, 0.05) is 5.56 Å². The summed E-state index contributed by atoms with van der Waals surface area (Å²) < 4.78 is 1.81. The summed E-state index contributed by atoms with van der Waals surface area (Å²) in [5, 5.41) is 9.46. The molecule has 0 aliphatic heterocycles. The van der Waals surface area contributed by atoms with Crippen molar-refractivity contribution in [3.63, 3.8) is 0 Å². The molecule has 0 aliphatic carbocycles. The van der Waals surface area contributed by atoms with Crippen LogP contribution in [0.1, 0.15) is 11.4 Å². The molecule has 0 aliphatic rings. The van der Waals surface area contributed by atoms with E-state index >= 15 is 0 Å². The van der Waals surface area contributed by atoms with Crippen LogP contribution in [0.25, 0.3) is 0 Å². The van der Waals surface area contributed by atoms with Gasteiger partial charge in [0.25, 0.3) is 0 Å². The van der Waals surface area contributed by atoms with Gasteiger partial charge in [-0.25, -0.2) is 9.97 Å². The summed E-state index contributed by atoms with van der Waals surface area (Å²) in [5.74, 6) is 0.665. The summed E-state index contributed by atoms with van der Waals surface area (Å²) in [7, 11) is 0. The fourth-order valence-electron chi connectivity index (χ4n) is 1.07. The van der Waals surface area contributed by atoms with Crippen molar-refractivity contribution >= 4 is 46.5 Å². The van der Waals surface area contributed by atoms with Gasteiger partial charge < -0.3 is 0 Å². The van der Waals surface area contributed by atoms with Crippen LogP contribution >= 0.6 is 46.5 Å². The van der Waals surface area contributed by atoms with Crippen molar-refractivity contribution in [3.05, 3.63) is 16.5 Å². The smallest absolute Gasteiger partial charge is 0.181 e. The van der Waals surface area contributed by atoms with Crippen LogP contribution in [-0.2, 0) is 0 Å². The molecular formula is C9H9ClN4S3. The van der Waals surface area contributed by atoms with E-state index in [0.29, 0.717) is 11.0 Å². The minimum Gasteiger partial charge on any atom is -0.226 e. The summed E-state index contributed by atoms with van der Waals surface area (Å²) in [6.45, 7) is 3.73. The average molecular weight is 305 g/mol. The maximum atomic E-state index is 6.02. The predicted molar refractivity (Wildman–Crippen MR) is 72.3 cm³/mol. The van der Waals surface area contributed by atoms with Gasteiger partial charge in [0.2, 0.25) is 0 Å². The highest BCUT2D eigenvalue weighted by molar-refractivity contribution is 8.03. The fourth-order valence-corrected chi connectivity index (χ4v) is 3.82. The third-order valence-electron chi connectivity index (χ3n) is 1.90. The van der Waals surface area contributed by atoms with Crippen molar-refractivity contribution in [2.75, 3.05) is 6.26 Å². The standard InChI is InChI=1S/C9H9ClN4S3/c1-4-6(10)11-5(2)12-7(4)16-9-14-13-8(15-3)17-9/h1-3H3. The largest absolute Gasteiger partial charge is 0.226 e. The lowest BCUT2D eigenvalue weighted by molar-refractivity contribution is 0.926. The molecule has 2 rings (SSSR count). The van der Waals surface area contributed by atoms with Crippen LogP contribution < -0.4 is 0 Å². The van der Waals surface area contributed by atoms with Crippen LogP contribution in [0.15, 0.2) is 13.7 Å². The van der Waals surface area contributed by atoms with E-state index in [-0.39, 0.29) is 0 Å². The first-order valence-electron chi connectivity index (χ1n) is 4.66. The Labute approximate surface area is 117 Å². The van der Waals surface area contributed by atoms with Gasteiger partial charge in [-0.05, 0) is 31.9 Å². The lowest BCUT2D eigenvalue weighted by Gasteiger charge is -2.04. The van der Waals surface area contributed by atoms with E-state index in [2.05, 4.69) is 20.2 Å². The number of nitrogens with zero attached hydrogens (tertiary/aromatic N) is 4. The monoisotopic (exact) mass is 304 g/mol. The van der Waals surface area contributed by atoms with Crippen LogP contribution in [0, 0.1) is 13.8 Å². The third-order valence-corrected chi connectivity index (χ3v) is 5.31. The molecular weight excluding hydrogens is 296 g/mol. The molecule has 0 spiro atoms. The van der Waals surface area contributed by atoms with Crippen LogP contribution in [0.4, 0.5) is 0 Å². The Hall–Kier alpha value is -0.370. The highest BCUT2D eigenvalue weighted by Crippen LogP contribution is 2.34. The molecule has 0 amide bonds. The van der Waals surface area contributed by atoms with E-state index in [1.165, 1.54) is 11.8 Å². The second-order valence-electron chi connectivity index (χ2n) is 3.13. The Morgan fingerprint density at radius 1 is 1.12 bits per heavy atom. The SMILES string of the molecule is CSc1nnc(Sc2nc(C)nc(Cl)c2C)s1. The molecule has 2 aromatic heterocycles. The first-order valence-corrected chi connectivity index (χ1v) is 7.90. The first-order chi connectivity index (χ1) is 8.10. The Balaban J connectivity index is 2.29. The first kappa shape index (κ1) is 13.1. The Morgan fingerprint density at radius 2 is 1.82 bits per heavy atom. The summed E-state index contributed by atoms with van der Waals surface area (Å²) in [6.07, 6.45) is 1.98. The van der Waals surface area contributed by atoms with Gasteiger partial charge in [0.05, 0.1) is 0 Å². The maximum Gasteiger partial charge on any atom is 0.181 e. The third kappa shape index (κ3) is 3.09. The van der Waals surface area contributed by atoms with E-state index in [1.807, 2.05) is 20.1 Å². The molecule has 8 heteroatoms. The van der Waals surface area contributed by atoms with Gasteiger partial charge in [-0.1, -0.05) is 34.7 Å². The van der Waals surface area contributed by atoms with Crippen LogP contribution in [-0.4, -0.2) is 26.4 Å². The zero-order valence-corrected chi connectivity index (χ0v) is 12.6. The molecule has 0 aromatic carbocycles. The Bertz CT molecular complexity index is 543. The summed E-state index contributed by atoms with van der Waals surface area (Å²) in [4.78, 5) is 8.46. The zero-order chi connectivity index (χ0) is 12.4. The van der Waals surface area contributed by atoms with E-state index in [0.717, 1.165) is 19.3 Å². The highest BCUT2D eigenvalue weighted by Gasteiger charge is 2.12. The van der Waals surface area contributed by atoms with Crippen molar-refractivity contribution < 1.29 is 0 Å². The van der Waals surface area contributed by atoms with Crippen molar-refractivity contribution in [3.8, 4) is 0 Å². The maximum absolute atomic E-state index is 6.02. The molecule has 0 unspecified atom stereocenters. The van der Waals surface area contributed by atoms with Crippen molar-refractivity contribution in [2.24, 2.45) is 0 Å². The molecule has 0 saturated carbocycles. The second kappa shape index (κ2) is 5.51. The Morgan fingerprint density at radius 3 is 2.47 bits per heavy atom. The summed E-state index contributed by atoms with van der Waals surface area (Å²) in [5.41, 5.74) is 0.878. The van der Waals surface area contributed by atoms with Crippen LogP contribution in [0.5, 0.6) is 0 Å². The van der Waals surface area contributed by atoms with E-state index < -0.39 is 0 Å². The minimum absolute atomic E-state index is 0.495. The Kier molecular flexibility index (Phi) is 4.24. The molecule has 0 bridgehead atoms. The van der Waals surface area contributed by atoms with Crippen molar-refractivity contribution in [1.82, 2.24) is 20.2 Å². The van der Waals surface area contributed by atoms with Gasteiger partial charge in [-0.15, -0.1) is 10.2 Å². The van der Waals surface area contributed by atoms with E-state index in [1.54, 1.807) is 23.1 Å². The number of aromatic nitrogens is 4. The molecule has 0 fully saturated rings. The number of hydrogen-bond acceptors (Lipinski definition) is 7. The lowest BCUT2D eigenvalue weighted by Crippen LogP contribution is -1.94. The van der Waals surface area contributed by atoms with Crippen LogP contribution in [0.3, 0.4) is 0 Å². The van der Waals surface area contributed by atoms with Gasteiger partial charge in [-0.2, -0.15) is 0 Å². The normalized spacial score (nSPS) is 10.8. The van der Waals surface area contributed by atoms with Crippen molar-refractivity contribution in [1.29, 1.82) is 0 Å². The molecule has 0 N–H and O–H groups in total. The molecule has 0 radical (unpaired) electrons. The van der Waals surface area contributed by atoms with E-state index in [9.17, 15) is 0 Å². The van der Waals surface area contributed by atoms with Crippen LogP contribution in [0.2, 0.25) is 5.15 Å². The number of aryl methyl sites for hydroxylation is 1. The molecule has 17 heavy (non-hydrogen) atoms. The number of hydrogen-bond donors (Lipinski definition) is 0. The molecule has 2 aromatic rings. The number of halogens is 1. The molecule has 2 heterocycles. The summed E-state index contributed by atoms with van der Waals surface area (Å²) in [6, 6.07) is 0. The minimum atomic E-state index is 0.495. The average Bonchev–Trinajstić information content (AvgIpc) is 2.73. The molecule has 4 nitrogen and oxygen atoms in total. The number of rotatable bonds is 3. The second-order valence-corrected chi connectivity index (χ2v) is 6.76. The van der Waals surface area contributed by atoms with E-state index in [4.69, 9.17) is 11.6 Å². The summed E-state index contributed by atoms with van der Waals surface area (Å²) >= 11 is 10.6. The van der Waals surface area contributed by atoms with Crippen molar-refractivity contribution in [2.45, 2.75) is 27.6 Å². The van der Waals surface area contributed by atoms with Gasteiger partial charge >= 0.3 is 0 Å².